The molecule has 0 aromatic carbocycles. The predicted molar refractivity (Wildman–Crippen MR) is 122 cm³/mol. The van der Waals surface area contributed by atoms with Gasteiger partial charge in [-0.1, -0.05) is 33.6 Å². The van der Waals surface area contributed by atoms with Crippen molar-refractivity contribution < 1.29 is 15.3 Å². The molecule has 3 N–H and O–H groups in total. The molecule has 174 valence electrons. The van der Waals surface area contributed by atoms with Crippen LogP contribution in [0.3, 0.4) is 0 Å². The zero-order chi connectivity index (χ0) is 21.9. The van der Waals surface area contributed by atoms with Crippen LogP contribution < -0.4 is 0 Å². The topological polar surface area (TPSA) is 60.7 Å². The molecule has 0 amide bonds. The van der Waals surface area contributed by atoms with E-state index in [0.29, 0.717) is 17.3 Å². The van der Waals surface area contributed by atoms with Crippen LogP contribution in [0, 0.1) is 46.3 Å². The quantitative estimate of drug-likeness (QED) is 0.546. The van der Waals surface area contributed by atoms with Gasteiger partial charge >= 0.3 is 0 Å². The molecule has 1 unspecified atom stereocenters. The van der Waals surface area contributed by atoms with E-state index in [1.807, 2.05) is 13.8 Å². The van der Waals surface area contributed by atoms with E-state index in [-0.39, 0.29) is 17.6 Å². The third-order valence-electron chi connectivity index (χ3n) is 10.9. The van der Waals surface area contributed by atoms with Gasteiger partial charge in [-0.15, -0.1) is 0 Å². The van der Waals surface area contributed by atoms with Crippen molar-refractivity contribution in [1.82, 2.24) is 0 Å². The van der Waals surface area contributed by atoms with Crippen LogP contribution in [0.2, 0.25) is 0 Å². The van der Waals surface area contributed by atoms with Crippen molar-refractivity contribution in [3.8, 4) is 0 Å². The first kappa shape index (κ1) is 23.1. The van der Waals surface area contributed by atoms with Crippen molar-refractivity contribution in [2.75, 3.05) is 0 Å². The van der Waals surface area contributed by atoms with Gasteiger partial charge < -0.3 is 15.3 Å². The molecule has 0 aromatic heterocycles. The number of hydrogen-bond acceptors (Lipinski definition) is 3. The Kier molecular flexibility index (Phi) is 6.17. The van der Waals surface area contributed by atoms with E-state index < -0.39 is 5.60 Å². The Hall–Kier alpha value is -0.120. The van der Waals surface area contributed by atoms with Crippen molar-refractivity contribution in [3.05, 3.63) is 0 Å². The minimum Gasteiger partial charge on any atom is -0.393 e. The minimum atomic E-state index is -0.544. The Labute approximate surface area is 185 Å². The maximum absolute atomic E-state index is 11.2. The van der Waals surface area contributed by atoms with Crippen LogP contribution in [0.5, 0.6) is 0 Å². The second-order valence-electron chi connectivity index (χ2n) is 13.1. The van der Waals surface area contributed by atoms with E-state index in [2.05, 4.69) is 20.8 Å². The van der Waals surface area contributed by atoms with Gasteiger partial charge in [-0.3, -0.25) is 0 Å². The summed E-state index contributed by atoms with van der Waals surface area (Å²) < 4.78 is 0. The molecule has 0 aliphatic heterocycles. The average Bonchev–Trinajstić information content (AvgIpc) is 3.00. The molecule has 4 saturated carbocycles. The van der Waals surface area contributed by atoms with Crippen LogP contribution in [0.4, 0.5) is 0 Å². The Morgan fingerprint density at radius 1 is 0.900 bits per heavy atom. The molecule has 0 spiro atoms. The summed E-state index contributed by atoms with van der Waals surface area (Å²) in [5, 5.41) is 31.5. The SMILES string of the molecule is C[C@H](CCCC(C)(C)O)[C@H]1CC[C@H]2[C@@H]3CC(O)[C@H]4C[C@@H](O)CC[C@]4(C)[C@H]3CC[C@]12C. The highest BCUT2D eigenvalue weighted by Gasteiger charge is 2.62. The Bertz CT molecular complexity index is 612. The van der Waals surface area contributed by atoms with Crippen LogP contribution in [-0.2, 0) is 0 Å². The lowest BCUT2D eigenvalue weighted by molar-refractivity contribution is -0.172. The van der Waals surface area contributed by atoms with Gasteiger partial charge in [0.05, 0.1) is 17.8 Å². The van der Waals surface area contributed by atoms with Gasteiger partial charge in [-0.05, 0) is 118 Å². The third kappa shape index (κ3) is 3.90. The lowest BCUT2D eigenvalue weighted by Crippen LogP contribution is -2.58. The summed E-state index contributed by atoms with van der Waals surface area (Å²) in [7, 11) is 0. The van der Waals surface area contributed by atoms with E-state index in [9.17, 15) is 15.3 Å². The zero-order valence-electron chi connectivity index (χ0n) is 20.2. The van der Waals surface area contributed by atoms with Crippen molar-refractivity contribution in [3.63, 3.8) is 0 Å². The second-order valence-corrected chi connectivity index (χ2v) is 13.1. The average molecular weight is 421 g/mol. The fourth-order valence-electron chi connectivity index (χ4n) is 9.31. The van der Waals surface area contributed by atoms with Gasteiger partial charge in [0.2, 0.25) is 0 Å². The van der Waals surface area contributed by atoms with Gasteiger partial charge in [0, 0.05) is 0 Å². The first-order valence-corrected chi connectivity index (χ1v) is 13.0. The fourth-order valence-corrected chi connectivity index (χ4v) is 9.31. The molecule has 0 aromatic rings. The lowest BCUT2D eigenvalue weighted by Gasteiger charge is -2.62. The number of rotatable bonds is 5. The van der Waals surface area contributed by atoms with Gasteiger partial charge in [-0.25, -0.2) is 0 Å². The molecule has 0 radical (unpaired) electrons. The molecule has 3 heteroatoms. The van der Waals surface area contributed by atoms with Crippen LogP contribution in [0.25, 0.3) is 0 Å². The van der Waals surface area contributed by atoms with E-state index in [1.54, 1.807) is 0 Å². The van der Waals surface area contributed by atoms with Crippen molar-refractivity contribution in [1.29, 1.82) is 0 Å². The normalized spacial score (nSPS) is 49.8. The number of fused-ring (bicyclic) bond motifs is 5. The minimum absolute atomic E-state index is 0.205. The Balaban J connectivity index is 1.48. The van der Waals surface area contributed by atoms with Crippen molar-refractivity contribution in [2.24, 2.45) is 46.3 Å². The van der Waals surface area contributed by atoms with Crippen LogP contribution in [0.15, 0.2) is 0 Å². The van der Waals surface area contributed by atoms with E-state index in [4.69, 9.17) is 0 Å². The van der Waals surface area contributed by atoms with Gasteiger partial charge in [0.25, 0.3) is 0 Å². The molecule has 0 heterocycles. The van der Waals surface area contributed by atoms with Crippen LogP contribution >= 0.6 is 0 Å². The summed E-state index contributed by atoms with van der Waals surface area (Å²) in [5.74, 6) is 3.98. The van der Waals surface area contributed by atoms with Gasteiger partial charge in [0.1, 0.15) is 0 Å². The lowest BCUT2D eigenvalue weighted by atomic mass is 9.44. The molecule has 4 fully saturated rings. The first-order chi connectivity index (χ1) is 14.0. The van der Waals surface area contributed by atoms with E-state index >= 15 is 0 Å². The maximum Gasteiger partial charge on any atom is 0.0591 e. The molecule has 30 heavy (non-hydrogen) atoms. The summed E-state index contributed by atoms with van der Waals surface area (Å²) in [4.78, 5) is 0. The summed E-state index contributed by atoms with van der Waals surface area (Å²) >= 11 is 0. The smallest absolute Gasteiger partial charge is 0.0591 e. The highest BCUT2D eigenvalue weighted by atomic mass is 16.3. The number of aliphatic hydroxyl groups excluding tert-OH is 2. The zero-order valence-corrected chi connectivity index (χ0v) is 20.2. The van der Waals surface area contributed by atoms with E-state index in [0.717, 1.165) is 62.2 Å². The molecular formula is C27H48O3. The van der Waals surface area contributed by atoms with Crippen molar-refractivity contribution >= 4 is 0 Å². The predicted octanol–water partition coefficient (Wildman–Crippen LogP) is 5.55. The molecular weight excluding hydrogens is 372 g/mol. The molecule has 3 nitrogen and oxygen atoms in total. The molecule has 0 bridgehead atoms. The van der Waals surface area contributed by atoms with E-state index in [1.165, 1.54) is 32.1 Å². The monoisotopic (exact) mass is 420 g/mol. The second kappa shape index (κ2) is 8.03. The molecule has 4 aliphatic carbocycles. The standard InChI is InChI=1S/C27H48O3/c1-17(7-6-12-25(2,3)30)20-8-9-21-19-16-24(29)23-15-18(28)10-13-27(23,5)22(19)11-14-26(20,21)4/h17-24,28-30H,6-16H2,1-5H3/t17-,18+,19+,20-,21+,22+,23-,24?,26-,27-/m1/s1. The van der Waals surface area contributed by atoms with Gasteiger partial charge in [0.15, 0.2) is 0 Å². The van der Waals surface area contributed by atoms with Crippen molar-refractivity contribution in [2.45, 2.75) is 123 Å². The molecule has 4 rings (SSSR count). The Morgan fingerprint density at radius 3 is 2.27 bits per heavy atom. The summed E-state index contributed by atoms with van der Waals surface area (Å²) in [6.45, 7) is 11.4. The summed E-state index contributed by atoms with van der Waals surface area (Å²) in [6, 6.07) is 0. The van der Waals surface area contributed by atoms with Crippen LogP contribution in [0.1, 0.15) is 105 Å². The molecule has 4 aliphatic rings. The highest BCUT2D eigenvalue weighted by molar-refractivity contribution is 5.11. The number of hydrogen-bond donors (Lipinski definition) is 3. The Morgan fingerprint density at radius 2 is 1.57 bits per heavy atom. The third-order valence-corrected chi connectivity index (χ3v) is 10.9. The highest BCUT2D eigenvalue weighted by Crippen LogP contribution is 2.68. The first-order valence-electron chi connectivity index (χ1n) is 13.0. The maximum atomic E-state index is 11.2. The fraction of sp³-hybridized carbons (Fsp3) is 1.00. The van der Waals surface area contributed by atoms with Crippen LogP contribution in [-0.4, -0.2) is 33.1 Å². The van der Waals surface area contributed by atoms with Gasteiger partial charge in [-0.2, -0.15) is 0 Å². The number of aliphatic hydroxyl groups is 3. The summed E-state index contributed by atoms with van der Waals surface area (Å²) in [6.07, 6.45) is 12.0. The molecule has 10 atom stereocenters. The largest absolute Gasteiger partial charge is 0.393 e. The molecule has 0 saturated heterocycles. The summed E-state index contributed by atoms with van der Waals surface area (Å²) in [5.41, 5.74) is 0.101.